The zero-order chi connectivity index (χ0) is 16.2. The van der Waals surface area contributed by atoms with Gasteiger partial charge in [0.2, 0.25) is 0 Å². The van der Waals surface area contributed by atoms with Crippen LogP contribution in [0.15, 0.2) is 18.2 Å². The molecule has 0 aliphatic heterocycles. The largest absolute Gasteiger partial charge is 0.416 e. The SMILES string of the molecule is COCC(NC(=O)c1cc(C(F)(F)F)ccc1F)C(C)C. The Morgan fingerprint density at radius 2 is 1.95 bits per heavy atom. The summed E-state index contributed by atoms with van der Waals surface area (Å²) in [6.07, 6.45) is -4.63. The molecule has 0 bridgehead atoms. The van der Waals surface area contributed by atoms with Gasteiger partial charge in [0.15, 0.2) is 0 Å². The fourth-order valence-electron chi connectivity index (χ4n) is 1.70. The zero-order valence-electron chi connectivity index (χ0n) is 11.9. The second-order valence-electron chi connectivity index (χ2n) is 4.97. The van der Waals surface area contributed by atoms with Crippen LogP contribution in [-0.2, 0) is 10.9 Å². The second-order valence-corrected chi connectivity index (χ2v) is 4.97. The summed E-state index contributed by atoms with van der Waals surface area (Å²) in [6.45, 7) is 3.81. The van der Waals surface area contributed by atoms with E-state index in [1.54, 1.807) is 0 Å². The standard InChI is InChI=1S/C14H17F4NO2/c1-8(2)12(7-21-3)19-13(20)10-6-9(14(16,17)18)4-5-11(10)15/h4-6,8,12H,7H2,1-3H3,(H,19,20). The van der Waals surface area contributed by atoms with Crippen LogP contribution < -0.4 is 5.32 Å². The molecule has 1 aromatic carbocycles. The van der Waals surface area contributed by atoms with Crippen molar-refractivity contribution in [1.82, 2.24) is 5.32 Å². The highest BCUT2D eigenvalue weighted by Gasteiger charge is 2.32. The van der Waals surface area contributed by atoms with Crippen LogP contribution in [0.2, 0.25) is 0 Å². The van der Waals surface area contributed by atoms with Crippen LogP contribution in [0.1, 0.15) is 29.8 Å². The van der Waals surface area contributed by atoms with Crippen molar-refractivity contribution in [3.63, 3.8) is 0 Å². The third kappa shape index (κ3) is 4.70. The average Bonchev–Trinajstić information content (AvgIpc) is 2.36. The van der Waals surface area contributed by atoms with Crippen molar-refractivity contribution in [2.75, 3.05) is 13.7 Å². The number of benzene rings is 1. The van der Waals surface area contributed by atoms with Gasteiger partial charge in [0.25, 0.3) is 5.91 Å². The minimum absolute atomic E-state index is 0.0113. The number of carbonyl (C=O) groups is 1. The molecule has 0 aromatic heterocycles. The Hall–Kier alpha value is -1.63. The predicted molar refractivity (Wildman–Crippen MR) is 69.4 cm³/mol. The number of hydrogen-bond donors (Lipinski definition) is 1. The van der Waals surface area contributed by atoms with Gasteiger partial charge in [0.05, 0.1) is 23.8 Å². The van der Waals surface area contributed by atoms with Crippen molar-refractivity contribution >= 4 is 5.91 Å². The maximum absolute atomic E-state index is 13.6. The van der Waals surface area contributed by atoms with Crippen molar-refractivity contribution in [3.8, 4) is 0 Å². The molecule has 0 radical (unpaired) electrons. The van der Waals surface area contributed by atoms with Crippen LogP contribution in [0.25, 0.3) is 0 Å². The molecule has 7 heteroatoms. The number of carbonyl (C=O) groups excluding carboxylic acids is 1. The number of alkyl halides is 3. The van der Waals surface area contributed by atoms with Gasteiger partial charge >= 0.3 is 6.18 Å². The average molecular weight is 307 g/mol. The van der Waals surface area contributed by atoms with Crippen LogP contribution in [0, 0.1) is 11.7 Å². The number of nitrogens with one attached hydrogen (secondary N) is 1. The maximum Gasteiger partial charge on any atom is 0.416 e. The molecule has 0 spiro atoms. The van der Waals surface area contributed by atoms with Crippen LogP contribution in [0.4, 0.5) is 17.6 Å². The zero-order valence-corrected chi connectivity index (χ0v) is 11.9. The van der Waals surface area contributed by atoms with E-state index >= 15 is 0 Å². The van der Waals surface area contributed by atoms with E-state index in [1.165, 1.54) is 7.11 Å². The van der Waals surface area contributed by atoms with Gasteiger partial charge < -0.3 is 10.1 Å². The van der Waals surface area contributed by atoms with Gasteiger partial charge in [-0.05, 0) is 24.1 Å². The Labute approximate surface area is 120 Å². The molecule has 0 aliphatic carbocycles. The Balaban J connectivity index is 3.01. The van der Waals surface area contributed by atoms with Gasteiger partial charge in [-0.25, -0.2) is 4.39 Å². The lowest BCUT2D eigenvalue weighted by molar-refractivity contribution is -0.137. The molecule has 0 aliphatic rings. The van der Waals surface area contributed by atoms with Crippen molar-refractivity contribution < 1.29 is 27.1 Å². The summed E-state index contributed by atoms with van der Waals surface area (Å²) in [5.74, 6) is -1.91. The number of hydrogen-bond acceptors (Lipinski definition) is 2. The molecular weight excluding hydrogens is 290 g/mol. The molecule has 0 heterocycles. The molecule has 1 amide bonds. The summed E-state index contributed by atoms with van der Waals surface area (Å²) in [7, 11) is 1.44. The molecule has 118 valence electrons. The lowest BCUT2D eigenvalue weighted by atomic mass is 10.0. The minimum Gasteiger partial charge on any atom is -0.383 e. The number of rotatable bonds is 5. The highest BCUT2D eigenvalue weighted by molar-refractivity contribution is 5.94. The van der Waals surface area contributed by atoms with E-state index in [9.17, 15) is 22.4 Å². The monoisotopic (exact) mass is 307 g/mol. The predicted octanol–water partition coefficient (Wildman–Crippen LogP) is 3.25. The number of amides is 1. The summed E-state index contributed by atoms with van der Waals surface area (Å²) in [4.78, 5) is 12.0. The van der Waals surface area contributed by atoms with Crippen molar-refractivity contribution in [2.24, 2.45) is 5.92 Å². The Kier molecular flexibility index (Phi) is 5.71. The first-order chi connectivity index (χ1) is 9.66. The molecular formula is C14H17F4NO2. The van der Waals surface area contributed by atoms with E-state index in [2.05, 4.69) is 5.32 Å². The highest BCUT2D eigenvalue weighted by atomic mass is 19.4. The summed E-state index contributed by atoms with van der Waals surface area (Å²) in [5, 5.41) is 2.48. The highest BCUT2D eigenvalue weighted by Crippen LogP contribution is 2.30. The third-order valence-corrected chi connectivity index (χ3v) is 3.01. The smallest absolute Gasteiger partial charge is 0.383 e. The van der Waals surface area contributed by atoms with Crippen molar-refractivity contribution in [1.29, 1.82) is 0 Å². The molecule has 1 aromatic rings. The van der Waals surface area contributed by atoms with E-state index in [0.29, 0.717) is 18.2 Å². The van der Waals surface area contributed by atoms with E-state index < -0.39 is 35.1 Å². The van der Waals surface area contributed by atoms with E-state index in [-0.39, 0.29) is 12.5 Å². The molecule has 1 N–H and O–H groups in total. The molecule has 1 rings (SSSR count). The van der Waals surface area contributed by atoms with Gasteiger partial charge in [-0.3, -0.25) is 4.79 Å². The molecule has 1 atom stereocenters. The van der Waals surface area contributed by atoms with Crippen LogP contribution >= 0.6 is 0 Å². The Morgan fingerprint density at radius 1 is 1.33 bits per heavy atom. The summed E-state index contributed by atoms with van der Waals surface area (Å²) in [5.41, 5.74) is -1.70. The summed E-state index contributed by atoms with van der Waals surface area (Å²) >= 11 is 0. The molecule has 21 heavy (non-hydrogen) atoms. The first kappa shape index (κ1) is 17.4. The van der Waals surface area contributed by atoms with Gasteiger partial charge in [-0.15, -0.1) is 0 Å². The summed E-state index contributed by atoms with van der Waals surface area (Å²) < 4.78 is 56.3. The first-order valence-corrected chi connectivity index (χ1v) is 6.33. The lowest BCUT2D eigenvalue weighted by Crippen LogP contribution is -2.42. The van der Waals surface area contributed by atoms with Gasteiger partial charge in [0, 0.05) is 7.11 Å². The Bertz CT molecular complexity index is 500. The van der Waals surface area contributed by atoms with E-state index in [1.807, 2.05) is 13.8 Å². The van der Waals surface area contributed by atoms with E-state index in [0.717, 1.165) is 0 Å². The normalized spacial score (nSPS) is 13.3. The molecule has 0 fully saturated rings. The van der Waals surface area contributed by atoms with Crippen LogP contribution in [0.3, 0.4) is 0 Å². The lowest BCUT2D eigenvalue weighted by Gasteiger charge is -2.21. The van der Waals surface area contributed by atoms with E-state index in [4.69, 9.17) is 4.74 Å². The van der Waals surface area contributed by atoms with Gasteiger partial charge in [-0.1, -0.05) is 13.8 Å². The topological polar surface area (TPSA) is 38.3 Å². The van der Waals surface area contributed by atoms with Gasteiger partial charge in [0.1, 0.15) is 5.82 Å². The number of halogens is 4. The van der Waals surface area contributed by atoms with Crippen LogP contribution in [0.5, 0.6) is 0 Å². The first-order valence-electron chi connectivity index (χ1n) is 6.33. The third-order valence-electron chi connectivity index (χ3n) is 3.01. The fraction of sp³-hybridized carbons (Fsp3) is 0.500. The molecule has 3 nitrogen and oxygen atoms in total. The maximum atomic E-state index is 13.6. The quantitative estimate of drug-likeness (QED) is 0.848. The summed E-state index contributed by atoms with van der Waals surface area (Å²) in [6, 6.07) is 1.32. The number of ether oxygens (including phenoxy) is 1. The number of methoxy groups -OCH3 is 1. The Morgan fingerprint density at radius 3 is 2.43 bits per heavy atom. The van der Waals surface area contributed by atoms with Crippen molar-refractivity contribution in [3.05, 3.63) is 35.1 Å². The van der Waals surface area contributed by atoms with Gasteiger partial charge in [-0.2, -0.15) is 13.2 Å². The molecule has 0 saturated carbocycles. The molecule has 1 unspecified atom stereocenters. The fourth-order valence-corrected chi connectivity index (χ4v) is 1.70. The molecule has 0 saturated heterocycles. The minimum atomic E-state index is -4.63. The second kappa shape index (κ2) is 6.89. The van der Waals surface area contributed by atoms with Crippen molar-refractivity contribution in [2.45, 2.75) is 26.1 Å². The van der Waals surface area contributed by atoms with Crippen LogP contribution in [-0.4, -0.2) is 25.7 Å².